The van der Waals surface area contributed by atoms with Gasteiger partial charge in [0.1, 0.15) is 0 Å². The first kappa shape index (κ1) is 17.8. The molecule has 3 aromatic carbocycles. The Morgan fingerprint density at radius 2 is 1.41 bits per heavy atom. The lowest BCUT2D eigenvalue weighted by Crippen LogP contribution is -2.43. The minimum atomic E-state index is -1.87. The minimum absolute atomic E-state index is 0.461. The molecule has 0 saturated carbocycles. The van der Waals surface area contributed by atoms with Crippen LogP contribution in [0.1, 0.15) is 23.0 Å². The van der Waals surface area contributed by atoms with Crippen molar-refractivity contribution in [3.05, 3.63) is 101 Å². The fraction of sp³-hybridized carbons (Fsp3) is 0.136. The number of carbonyl (C=O) groups excluding carboxylic acids is 1. The van der Waals surface area contributed by atoms with Gasteiger partial charge in [0, 0.05) is 4.47 Å². The van der Waals surface area contributed by atoms with Crippen LogP contribution >= 0.6 is 15.9 Å². The highest BCUT2D eigenvalue weighted by atomic mass is 79.9. The minimum Gasteiger partial charge on any atom is -0.413 e. The molecular formula is C22H18BrNO3. The predicted octanol–water partition coefficient (Wildman–Crippen LogP) is 4.63. The summed E-state index contributed by atoms with van der Waals surface area (Å²) >= 11 is 3.46. The number of anilines is 1. The van der Waals surface area contributed by atoms with Crippen molar-refractivity contribution in [3.8, 4) is 0 Å². The zero-order chi connectivity index (χ0) is 18.9. The highest BCUT2D eigenvalue weighted by Gasteiger charge is 2.56. The largest absolute Gasteiger partial charge is 0.413 e. The average molecular weight is 424 g/mol. The molecule has 4 nitrogen and oxygen atoms in total. The van der Waals surface area contributed by atoms with Crippen molar-refractivity contribution < 1.29 is 14.6 Å². The van der Waals surface area contributed by atoms with Gasteiger partial charge in [0.2, 0.25) is 0 Å². The van der Waals surface area contributed by atoms with Gasteiger partial charge in [-0.05, 0) is 39.2 Å². The normalized spacial score (nSPS) is 24.4. The van der Waals surface area contributed by atoms with E-state index in [1.807, 2.05) is 84.9 Å². The Hall–Kier alpha value is -2.63. The summed E-state index contributed by atoms with van der Waals surface area (Å²) in [4.78, 5) is 12.8. The van der Waals surface area contributed by atoms with Crippen LogP contribution < -0.4 is 5.32 Å². The number of rotatable bonds is 4. The second kappa shape index (κ2) is 7.18. The Balaban J connectivity index is 1.81. The molecule has 0 amide bonds. The third kappa shape index (κ3) is 3.36. The monoisotopic (exact) mass is 423 g/mol. The average Bonchev–Trinajstić information content (AvgIpc) is 2.95. The summed E-state index contributed by atoms with van der Waals surface area (Å²) in [6, 6.07) is 26.3. The number of benzene rings is 3. The SMILES string of the molecule is O=C1OC(O)(Nc2ccccc2Br)C(c2ccccc2)C1c1ccccc1. The van der Waals surface area contributed by atoms with Crippen molar-refractivity contribution in [2.24, 2.45) is 0 Å². The number of hydrogen-bond donors (Lipinski definition) is 2. The summed E-state index contributed by atoms with van der Waals surface area (Å²) in [5, 5.41) is 14.4. The van der Waals surface area contributed by atoms with Crippen molar-refractivity contribution in [3.63, 3.8) is 0 Å². The lowest BCUT2D eigenvalue weighted by atomic mass is 9.81. The van der Waals surface area contributed by atoms with E-state index < -0.39 is 23.7 Å². The molecule has 5 heteroatoms. The summed E-state index contributed by atoms with van der Waals surface area (Å²) in [5.41, 5.74) is 2.27. The highest BCUT2D eigenvalue weighted by molar-refractivity contribution is 9.10. The molecule has 0 spiro atoms. The van der Waals surface area contributed by atoms with Crippen LogP contribution in [0.25, 0.3) is 0 Å². The first-order chi connectivity index (χ1) is 13.1. The van der Waals surface area contributed by atoms with Gasteiger partial charge in [-0.3, -0.25) is 4.79 Å². The van der Waals surface area contributed by atoms with Gasteiger partial charge in [0.25, 0.3) is 0 Å². The van der Waals surface area contributed by atoms with Gasteiger partial charge in [0.05, 0.1) is 17.5 Å². The van der Waals surface area contributed by atoms with E-state index in [4.69, 9.17) is 4.74 Å². The fourth-order valence-corrected chi connectivity index (χ4v) is 3.95. The summed E-state index contributed by atoms with van der Waals surface area (Å²) in [5.74, 6) is -3.56. The molecule has 0 aliphatic carbocycles. The molecule has 1 fully saturated rings. The molecule has 1 heterocycles. The van der Waals surface area contributed by atoms with Gasteiger partial charge >= 0.3 is 11.9 Å². The van der Waals surface area contributed by atoms with Crippen LogP contribution in [0.2, 0.25) is 0 Å². The highest BCUT2D eigenvalue weighted by Crippen LogP contribution is 2.48. The number of hydrogen-bond acceptors (Lipinski definition) is 4. The Morgan fingerprint density at radius 1 is 0.852 bits per heavy atom. The molecule has 3 unspecified atom stereocenters. The number of ether oxygens (including phenoxy) is 1. The number of nitrogens with one attached hydrogen (secondary N) is 1. The van der Waals surface area contributed by atoms with E-state index in [-0.39, 0.29) is 0 Å². The summed E-state index contributed by atoms with van der Waals surface area (Å²) in [6.07, 6.45) is 0. The molecule has 0 radical (unpaired) electrons. The van der Waals surface area contributed by atoms with E-state index in [0.717, 1.165) is 15.6 Å². The van der Waals surface area contributed by atoms with Gasteiger partial charge in [-0.2, -0.15) is 0 Å². The van der Waals surface area contributed by atoms with Crippen LogP contribution in [0, 0.1) is 0 Å². The fourth-order valence-electron chi connectivity index (χ4n) is 3.57. The second-order valence-electron chi connectivity index (χ2n) is 6.50. The van der Waals surface area contributed by atoms with Crippen molar-refractivity contribution >= 4 is 27.6 Å². The molecule has 27 heavy (non-hydrogen) atoms. The molecule has 2 N–H and O–H groups in total. The van der Waals surface area contributed by atoms with Crippen LogP contribution in [-0.2, 0) is 9.53 Å². The van der Waals surface area contributed by atoms with E-state index in [1.54, 1.807) is 0 Å². The molecule has 1 aliphatic rings. The maximum absolute atomic E-state index is 12.8. The van der Waals surface area contributed by atoms with Gasteiger partial charge in [-0.15, -0.1) is 0 Å². The lowest BCUT2D eigenvalue weighted by molar-refractivity contribution is -0.180. The first-order valence-electron chi connectivity index (χ1n) is 8.66. The van der Waals surface area contributed by atoms with Crippen LogP contribution in [-0.4, -0.2) is 17.0 Å². The molecule has 4 rings (SSSR count). The maximum Gasteiger partial charge on any atom is 0.318 e. The van der Waals surface area contributed by atoms with E-state index in [1.165, 1.54) is 0 Å². The number of esters is 1. The molecule has 0 bridgehead atoms. The number of aliphatic hydroxyl groups is 1. The molecule has 0 aromatic heterocycles. The van der Waals surface area contributed by atoms with E-state index in [0.29, 0.717) is 5.69 Å². The van der Waals surface area contributed by atoms with Gasteiger partial charge in [0.15, 0.2) is 0 Å². The Kier molecular flexibility index (Phi) is 4.72. The zero-order valence-electron chi connectivity index (χ0n) is 14.4. The van der Waals surface area contributed by atoms with Crippen LogP contribution in [0.4, 0.5) is 5.69 Å². The Labute approximate surface area is 165 Å². The van der Waals surface area contributed by atoms with Crippen LogP contribution in [0.3, 0.4) is 0 Å². The first-order valence-corrected chi connectivity index (χ1v) is 9.45. The number of cyclic esters (lactones) is 1. The number of carbonyl (C=O) groups is 1. The van der Waals surface area contributed by atoms with Crippen molar-refractivity contribution in [2.45, 2.75) is 17.7 Å². The number of para-hydroxylation sites is 1. The molecule has 1 aliphatic heterocycles. The van der Waals surface area contributed by atoms with Gasteiger partial charge in [-0.1, -0.05) is 72.8 Å². The van der Waals surface area contributed by atoms with Crippen molar-refractivity contribution in [2.75, 3.05) is 5.32 Å². The molecule has 136 valence electrons. The maximum atomic E-state index is 12.8. The van der Waals surface area contributed by atoms with Crippen molar-refractivity contribution in [1.82, 2.24) is 0 Å². The Bertz CT molecular complexity index is 948. The lowest BCUT2D eigenvalue weighted by Gasteiger charge is -2.31. The molecule has 3 atom stereocenters. The summed E-state index contributed by atoms with van der Waals surface area (Å²) in [6.45, 7) is 0. The van der Waals surface area contributed by atoms with Crippen LogP contribution in [0.5, 0.6) is 0 Å². The second-order valence-corrected chi connectivity index (χ2v) is 7.35. The number of halogens is 1. The van der Waals surface area contributed by atoms with E-state index in [9.17, 15) is 9.90 Å². The molecular weight excluding hydrogens is 406 g/mol. The third-order valence-corrected chi connectivity index (χ3v) is 5.46. The van der Waals surface area contributed by atoms with E-state index in [2.05, 4.69) is 21.2 Å². The summed E-state index contributed by atoms with van der Waals surface area (Å²) < 4.78 is 6.29. The summed E-state index contributed by atoms with van der Waals surface area (Å²) in [7, 11) is 0. The third-order valence-electron chi connectivity index (χ3n) is 4.77. The van der Waals surface area contributed by atoms with Crippen molar-refractivity contribution in [1.29, 1.82) is 0 Å². The topological polar surface area (TPSA) is 58.6 Å². The molecule has 1 saturated heterocycles. The predicted molar refractivity (Wildman–Crippen MR) is 107 cm³/mol. The zero-order valence-corrected chi connectivity index (χ0v) is 16.0. The van der Waals surface area contributed by atoms with Gasteiger partial charge < -0.3 is 15.2 Å². The quantitative estimate of drug-likeness (QED) is 0.474. The van der Waals surface area contributed by atoms with Gasteiger partial charge in [-0.25, -0.2) is 0 Å². The smallest absolute Gasteiger partial charge is 0.318 e. The standard InChI is InChI=1S/C22H18BrNO3/c23-17-13-7-8-14-18(17)24-22(26)20(16-11-5-2-6-12-16)19(21(25)27-22)15-9-3-1-4-10-15/h1-14,19-20,24,26H. The van der Waals surface area contributed by atoms with Crippen LogP contribution in [0.15, 0.2) is 89.4 Å². The Morgan fingerprint density at radius 3 is 2.04 bits per heavy atom. The van der Waals surface area contributed by atoms with E-state index >= 15 is 0 Å². The molecule has 3 aromatic rings.